The van der Waals surface area contributed by atoms with E-state index in [-0.39, 0.29) is 11.6 Å². The molecule has 0 aromatic heterocycles. The lowest BCUT2D eigenvalue weighted by atomic mass is 9.82. The molecular formula is C19H21F2NO. The largest absolute Gasteiger partial charge is 0.391 e. The Balaban J connectivity index is 2.05. The first-order valence-electron chi connectivity index (χ1n) is 7.96. The first-order chi connectivity index (χ1) is 11.1. The van der Waals surface area contributed by atoms with Crippen molar-refractivity contribution >= 4 is 0 Å². The molecule has 23 heavy (non-hydrogen) atoms. The van der Waals surface area contributed by atoms with Crippen LogP contribution in [0.3, 0.4) is 0 Å². The zero-order valence-electron chi connectivity index (χ0n) is 13.1. The van der Waals surface area contributed by atoms with Gasteiger partial charge in [0.1, 0.15) is 0 Å². The van der Waals surface area contributed by atoms with Crippen LogP contribution in [-0.2, 0) is 0 Å². The lowest BCUT2D eigenvalue weighted by Gasteiger charge is -2.32. The fourth-order valence-corrected chi connectivity index (χ4v) is 3.57. The average Bonchev–Trinajstić information content (AvgIpc) is 2.99. The van der Waals surface area contributed by atoms with Crippen LogP contribution >= 0.6 is 0 Å². The summed E-state index contributed by atoms with van der Waals surface area (Å²) in [4.78, 5) is 2.10. The molecule has 0 radical (unpaired) electrons. The van der Waals surface area contributed by atoms with E-state index in [0.29, 0.717) is 0 Å². The van der Waals surface area contributed by atoms with Crippen LogP contribution in [0.2, 0.25) is 0 Å². The molecule has 4 heteroatoms. The van der Waals surface area contributed by atoms with Gasteiger partial charge in [0.15, 0.2) is 11.6 Å². The fraction of sp³-hybridized carbons (Fsp3) is 0.368. The van der Waals surface area contributed by atoms with Crippen LogP contribution in [0.1, 0.15) is 29.9 Å². The predicted octanol–water partition coefficient (Wildman–Crippen LogP) is 3.55. The van der Waals surface area contributed by atoms with Crippen molar-refractivity contribution in [2.75, 3.05) is 13.6 Å². The first-order valence-corrected chi connectivity index (χ1v) is 7.96. The van der Waals surface area contributed by atoms with Gasteiger partial charge in [-0.15, -0.1) is 0 Å². The average molecular weight is 317 g/mol. The molecule has 1 aliphatic rings. The van der Waals surface area contributed by atoms with Gasteiger partial charge < -0.3 is 10.0 Å². The van der Waals surface area contributed by atoms with E-state index in [4.69, 9.17) is 0 Å². The molecule has 1 fully saturated rings. The minimum atomic E-state index is -0.879. The van der Waals surface area contributed by atoms with Crippen molar-refractivity contribution in [1.29, 1.82) is 0 Å². The maximum atomic E-state index is 14.4. The van der Waals surface area contributed by atoms with E-state index in [9.17, 15) is 13.9 Å². The number of hydrogen-bond donors (Lipinski definition) is 1. The summed E-state index contributed by atoms with van der Waals surface area (Å²) in [5.74, 6) is -2.34. The van der Waals surface area contributed by atoms with Gasteiger partial charge in [-0.2, -0.15) is 0 Å². The van der Waals surface area contributed by atoms with Gasteiger partial charge in [0.05, 0.1) is 6.10 Å². The van der Waals surface area contributed by atoms with Crippen molar-refractivity contribution in [3.8, 4) is 0 Å². The molecule has 2 aromatic carbocycles. The molecule has 3 atom stereocenters. The third-order valence-corrected chi connectivity index (χ3v) is 4.79. The highest BCUT2D eigenvalue weighted by Gasteiger charge is 2.36. The van der Waals surface area contributed by atoms with Gasteiger partial charge in [-0.25, -0.2) is 8.78 Å². The molecule has 1 heterocycles. The third kappa shape index (κ3) is 3.14. The predicted molar refractivity (Wildman–Crippen MR) is 86.3 cm³/mol. The molecule has 2 aromatic rings. The van der Waals surface area contributed by atoms with E-state index in [2.05, 4.69) is 4.90 Å². The highest BCUT2D eigenvalue weighted by molar-refractivity contribution is 5.35. The number of likely N-dealkylation sites (tertiary alicyclic amines) is 1. The summed E-state index contributed by atoms with van der Waals surface area (Å²) < 4.78 is 28.1. The minimum Gasteiger partial charge on any atom is -0.391 e. The van der Waals surface area contributed by atoms with Gasteiger partial charge in [0.25, 0.3) is 0 Å². The van der Waals surface area contributed by atoms with E-state index in [0.717, 1.165) is 31.0 Å². The normalized spacial score (nSPS) is 21.3. The highest BCUT2D eigenvalue weighted by Crippen LogP contribution is 2.35. The van der Waals surface area contributed by atoms with Crippen LogP contribution in [0.4, 0.5) is 8.78 Å². The molecule has 1 saturated heterocycles. The van der Waals surface area contributed by atoms with Crippen LogP contribution in [-0.4, -0.2) is 35.7 Å². The minimum absolute atomic E-state index is 0.0529. The van der Waals surface area contributed by atoms with Crippen molar-refractivity contribution in [3.63, 3.8) is 0 Å². The number of halogens is 2. The molecule has 0 bridgehead atoms. The standard InChI is InChI=1S/C19H21F2NO/c1-22-12-6-11-16(22)19(23)17(13-7-3-2-4-8-13)14-9-5-10-15(20)18(14)21/h2-5,7-10,16-17,19,23H,6,11-12H2,1H3/t16-,17-,19+/m1/s1. The number of hydrogen-bond acceptors (Lipinski definition) is 2. The van der Waals surface area contributed by atoms with Gasteiger partial charge in [0, 0.05) is 17.5 Å². The maximum Gasteiger partial charge on any atom is 0.162 e. The van der Waals surface area contributed by atoms with Gasteiger partial charge >= 0.3 is 0 Å². The van der Waals surface area contributed by atoms with Crippen molar-refractivity contribution in [3.05, 3.63) is 71.3 Å². The van der Waals surface area contributed by atoms with E-state index in [1.807, 2.05) is 37.4 Å². The molecular weight excluding hydrogens is 296 g/mol. The van der Waals surface area contributed by atoms with E-state index in [1.54, 1.807) is 6.07 Å². The second-order valence-corrected chi connectivity index (χ2v) is 6.21. The van der Waals surface area contributed by atoms with E-state index < -0.39 is 23.7 Å². The quantitative estimate of drug-likeness (QED) is 0.932. The number of benzene rings is 2. The Bertz CT molecular complexity index is 662. The maximum absolute atomic E-state index is 14.4. The lowest BCUT2D eigenvalue weighted by molar-refractivity contribution is 0.0713. The second kappa shape index (κ2) is 6.77. The van der Waals surface area contributed by atoms with E-state index in [1.165, 1.54) is 6.07 Å². The van der Waals surface area contributed by atoms with Crippen molar-refractivity contribution < 1.29 is 13.9 Å². The van der Waals surface area contributed by atoms with Crippen LogP contribution in [0.15, 0.2) is 48.5 Å². The van der Waals surface area contributed by atoms with E-state index >= 15 is 0 Å². The van der Waals surface area contributed by atoms with Gasteiger partial charge in [-0.1, -0.05) is 42.5 Å². The van der Waals surface area contributed by atoms with Crippen molar-refractivity contribution in [2.45, 2.75) is 30.9 Å². The Morgan fingerprint density at radius 3 is 2.48 bits per heavy atom. The lowest BCUT2D eigenvalue weighted by Crippen LogP contribution is -2.40. The molecule has 0 saturated carbocycles. The van der Waals surface area contributed by atoms with Crippen LogP contribution in [0.25, 0.3) is 0 Å². The monoisotopic (exact) mass is 317 g/mol. The van der Waals surface area contributed by atoms with Crippen LogP contribution in [0.5, 0.6) is 0 Å². The topological polar surface area (TPSA) is 23.5 Å². The zero-order valence-corrected chi connectivity index (χ0v) is 13.1. The second-order valence-electron chi connectivity index (χ2n) is 6.21. The molecule has 1 aliphatic heterocycles. The van der Waals surface area contributed by atoms with Crippen molar-refractivity contribution in [1.82, 2.24) is 4.90 Å². The Morgan fingerprint density at radius 2 is 1.83 bits per heavy atom. The van der Waals surface area contributed by atoms with Crippen molar-refractivity contribution in [2.24, 2.45) is 0 Å². The fourth-order valence-electron chi connectivity index (χ4n) is 3.57. The summed E-state index contributed by atoms with van der Waals surface area (Å²) >= 11 is 0. The molecule has 122 valence electrons. The Labute approximate surface area is 135 Å². The number of aliphatic hydroxyl groups is 1. The summed E-state index contributed by atoms with van der Waals surface area (Å²) in [6.45, 7) is 0.912. The summed E-state index contributed by atoms with van der Waals surface area (Å²) in [6.07, 6.45) is 1.07. The SMILES string of the molecule is CN1CCC[C@@H]1[C@H](O)[C@H](c1ccccc1)c1cccc(F)c1F. The number of likely N-dealkylation sites (N-methyl/N-ethyl adjacent to an activating group) is 1. The molecule has 0 aliphatic carbocycles. The number of rotatable bonds is 4. The van der Waals surface area contributed by atoms with Gasteiger partial charge in [-0.05, 0) is 38.1 Å². The highest BCUT2D eigenvalue weighted by atomic mass is 19.2. The summed E-state index contributed by atoms with van der Waals surface area (Å²) in [5.41, 5.74) is 1.01. The Hall–Kier alpha value is -1.78. The zero-order chi connectivity index (χ0) is 16.4. The molecule has 1 N–H and O–H groups in total. The molecule has 2 nitrogen and oxygen atoms in total. The smallest absolute Gasteiger partial charge is 0.162 e. The first kappa shape index (κ1) is 16.1. The number of aliphatic hydroxyl groups excluding tert-OH is 1. The molecule has 0 spiro atoms. The summed E-state index contributed by atoms with van der Waals surface area (Å²) in [6, 6.07) is 13.4. The molecule has 0 amide bonds. The summed E-state index contributed by atoms with van der Waals surface area (Å²) in [7, 11) is 1.96. The van der Waals surface area contributed by atoms with Crippen LogP contribution in [0, 0.1) is 11.6 Å². The molecule has 3 rings (SSSR count). The number of nitrogens with zero attached hydrogens (tertiary/aromatic N) is 1. The van der Waals surface area contributed by atoms with Crippen LogP contribution < -0.4 is 0 Å². The Morgan fingerprint density at radius 1 is 1.09 bits per heavy atom. The Kier molecular flexibility index (Phi) is 4.74. The van der Waals surface area contributed by atoms with Gasteiger partial charge in [-0.3, -0.25) is 0 Å². The third-order valence-electron chi connectivity index (χ3n) is 4.79. The van der Waals surface area contributed by atoms with Gasteiger partial charge in [0.2, 0.25) is 0 Å². The molecule has 0 unspecified atom stereocenters. The summed E-state index contributed by atoms with van der Waals surface area (Å²) in [5, 5.41) is 11.0.